The SMILES string of the molecule is CC(=O)NC1(C(=O)O)CC(COCc2ccccc2)C1. The first-order valence-electron chi connectivity index (χ1n) is 6.66. The molecule has 0 aliphatic heterocycles. The van der Waals surface area contributed by atoms with Crippen molar-refractivity contribution in [1.82, 2.24) is 5.32 Å². The molecule has 20 heavy (non-hydrogen) atoms. The lowest BCUT2D eigenvalue weighted by molar-refractivity contribution is -0.155. The first-order chi connectivity index (χ1) is 9.52. The van der Waals surface area contributed by atoms with Crippen LogP contribution in [0.4, 0.5) is 0 Å². The van der Waals surface area contributed by atoms with Crippen molar-refractivity contribution in [3.05, 3.63) is 35.9 Å². The maximum Gasteiger partial charge on any atom is 0.329 e. The Balaban J connectivity index is 1.75. The van der Waals surface area contributed by atoms with E-state index in [1.807, 2.05) is 30.3 Å². The van der Waals surface area contributed by atoms with Gasteiger partial charge in [-0.3, -0.25) is 4.79 Å². The summed E-state index contributed by atoms with van der Waals surface area (Å²) in [5.74, 6) is -1.09. The topological polar surface area (TPSA) is 75.6 Å². The maximum atomic E-state index is 11.2. The molecule has 0 atom stereocenters. The second-order valence-electron chi connectivity index (χ2n) is 5.34. The fraction of sp³-hybridized carbons (Fsp3) is 0.467. The van der Waals surface area contributed by atoms with E-state index in [1.165, 1.54) is 6.92 Å². The third-order valence-electron chi connectivity index (χ3n) is 3.56. The van der Waals surface area contributed by atoms with Crippen LogP contribution in [0.25, 0.3) is 0 Å². The molecule has 1 amide bonds. The quantitative estimate of drug-likeness (QED) is 0.827. The van der Waals surface area contributed by atoms with Crippen molar-refractivity contribution in [3.63, 3.8) is 0 Å². The Kier molecular flexibility index (Phi) is 4.39. The van der Waals surface area contributed by atoms with Crippen LogP contribution in [0.15, 0.2) is 30.3 Å². The van der Waals surface area contributed by atoms with Gasteiger partial charge in [0.05, 0.1) is 13.2 Å². The van der Waals surface area contributed by atoms with E-state index in [1.54, 1.807) is 0 Å². The smallest absolute Gasteiger partial charge is 0.329 e. The van der Waals surface area contributed by atoms with Crippen LogP contribution >= 0.6 is 0 Å². The van der Waals surface area contributed by atoms with E-state index in [-0.39, 0.29) is 11.8 Å². The van der Waals surface area contributed by atoms with E-state index in [4.69, 9.17) is 4.74 Å². The standard InChI is InChI=1S/C15H19NO4/c1-11(17)16-15(14(18)19)7-13(8-15)10-20-9-12-5-3-2-4-6-12/h2-6,13H,7-10H2,1H3,(H,16,17)(H,18,19). The number of carbonyl (C=O) groups is 2. The van der Waals surface area contributed by atoms with Crippen LogP contribution in [0.2, 0.25) is 0 Å². The van der Waals surface area contributed by atoms with Crippen LogP contribution in [0.5, 0.6) is 0 Å². The molecule has 0 aromatic heterocycles. The van der Waals surface area contributed by atoms with Crippen molar-refractivity contribution in [1.29, 1.82) is 0 Å². The second kappa shape index (κ2) is 6.05. The molecule has 1 saturated carbocycles. The van der Waals surface area contributed by atoms with E-state index < -0.39 is 11.5 Å². The Hall–Kier alpha value is -1.88. The molecule has 0 spiro atoms. The van der Waals surface area contributed by atoms with Crippen LogP contribution in [0, 0.1) is 5.92 Å². The van der Waals surface area contributed by atoms with E-state index in [2.05, 4.69) is 5.32 Å². The molecule has 0 radical (unpaired) electrons. The van der Waals surface area contributed by atoms with Gasteiger partial charge in [0.2, 0.25) is 5.91 Å². The molecule has 1 aromatic carbocycles. The van der Waals surface area contributed by atoms with E-state index in [9.17, 15) is 14.7 Å². The number of hydrogen-bond donors (Lipinski definition) is 2. The monoisotopic (exact) mass is 277 g/mol. The predicted octanol–water partition coefficient (Wildman–Crippen LogP) is 1.57. The molecule has 0 saturated heterocycles. The second-order valence-corrected chi connectivity index (χ2v) is 5.34. The third kappa shape index (κ3) is 3.36. The van der Waals surface area contributed by atoms with Gasteiger partial charge in [0, 0.05) is 6.92 Å². The van der Waals surface area contributed by atoms with Crippen molar-refractivity contribution in [3.8, 4) is 0 Å². The number of carbonyl (C=O) groups excluding carboxylic acids is 1. The number of aliphatic carboxylic acids is 1. The highest BCUT2D eigenvalue weighted by atomic mass is 16.5. The molecule has 5 nitrogen and oxygen atoms in total. The highest BCUT2D eigenvalue weighted by Crippen LogP contribution is 2.38. The van der Waals surface area contributed by atoms with E-state index in [0.29, 0.717) is 26.1 Å². The first-order valence-corrected chi connectivity index (χ1v) is 6.66. The highest BCUT2D eigenvalue weighted by Gasteiger charge is 2.51. The highest BCUT2D eigenvalue weighted by molar-refractivity contribution is 5.87. The minimum absolute atomic E-state index is 0.182. The Morgan fingerprint density at radius 1 is 1.35 bits per heavy atom. The molecule has 0 unspecified atom stereocenters. The lowest BCUT2D eigenvalue weighted by Crippen LogP contribution is -2.62. The number of benzene rings is 1. The van der Waals surface area contributed by atoms with Crippen LogP contribution < -0.4 is 5.32 Å². The fourth-order valence-corrected chi connectivity index (χ4v) is 2.63. The van der Waals surface area contributed by atoms with Crippen LogP contribution in [-0.4, -0.2) is 29.1 Å². The summed E-state index contributed by atoms with van der Waals surface area (Å²) >= 11 is 0. The first kappa shape index (κ1) is 14.5. The number of carboxylic acids is 1. The molecule has 2 rings (SSSR count). The summed E-state index contributed by atoms with van der Waals surface area (Å²) in [7, 11) is 0. The molecule has 108 valence electrons. The van der Waals surface area contributed by atoms with Crippen molar-refractivity contribution < 1.29 is 19.4 Å². The van der Waals surface area contributed by atoms with Gasteiger partial charge in [-0.05, 0) is 24.3 Å². The molecular formula is C15H19NO4. The Morgan fingerprint density at radius 3 is 2.55 bits per heavy atom. The van der Waals surface area contributed by atoms with Gasteiger partial charge >= 0.3 is 5.97 Å². The summed E-state index contributed by atoms with van der Waals surface area (Å²) in [5.41, 5.74) is 0.00487. The Bertz CT molecular complexity index is 480. The van der Waals surface area contributed by atoms with Crippen molar-refractivity contribution in [2.45, 2.75) is 31.9 Å². The number of amides is 1. The van der Waals surface area contributed by atoms with E-state index >= 15 is 0 Å². The summed E-state index contributed by atoms with van der Waals surface area (Å²) in [4.78, 5) is 22.3. The van der Waals surface area contributed by atoms with Crippen LogP contribution in [-0.2, 0) is 20.9 Å². The normalized spacial score (nSPS) is 24.8. The average molecular weight is 277 g/mol. The van der Waals surface area contributed by atoms with Gasteiger partial charge in [-0.25, -0.2) is 4.79 Å². The van der Waals surface area contributed by atoms with Gasteiger partial charge in [0.15, 0.2) is 0 Å². The van der Waals surface area contributed by atoms with Gasteiger partial charge in [0.1, 0.15) is 5.54 Å². The van der Waals surface area contributed by atoms with Gasteiger partial charge in [0.25, 0.3) is 0 Å². The lowest BCUT2D eigenvalue weighted by atomic mass is 9.68. The predicted molar refractivity (Wildman–Crippen MR) is 73.0 cm³/mol. The largest absolute Gasteiger partial charge is 0.480 e. The number of carboxylic acid groups (broad SMARTS) is 1. The molecule has 0 heterocycles. The van der Waals surface area contributed by atoms with Crippen molar-refractivity contribution >= 4 is 11.9 Å². The molecule has 1 aliphatic carbocycles. The summed E-state index contributed by atoms with van der Waals surface area (Å²) in [6.07, 6.45) is 0.855. The number of hydrogen-bond acceptors (Lipinski definition) is 3. The number of rotatable bonds is 6. The zero-order valence-corrected chi connectivity index (χ0v) is 11.5. The minimum atomic E-state index is -1.09. The zero-order chi connectivity index (χ0) is 14.6. The van der Waals surface area contributed by atoms with Crippen molar-refractivity contribution in [2.24, 2.45) is 5.92 Å². The molecule has 2 N–H and O–H groups in total. The molecule has 1 aliphatic rings. The van der Waals surface area contributed by atoms with Gasteiger partial charge in [-0.2, -0.15) is 0 Å². The van der Waals surface area contributed by atoms with Crippen LogP contribution in [0.1, 0.15) is 25.3 Å². The summed E-state index contributed by atoms with van der Waals surface area (Å²) in [6.45, 7) is 2.38. The number of ether oxygens (including phenoxy) is 1. The van der Waals surface area contributed by atoms with Crippen LogP contribution in [0.3, 0.4) is 0 Å². The van der Waals surface area contributed by atoms with Gasteiger partial charge < -0.3 is 15.2 Å². The average Bonchev–Trinajstić information content (AvgIpc) is 2.35. The molecule has 5 heteroatoms. The summed E-state index contributed by atoms with van der Waals surface area (Å²) in [6, 6.07) is 9.83. The Morgan fingerprint density at radius 2 is 2.00 bits per heavy atom. The summed E-state index contributed by atoms with van der Waals surface area (Å²) in [5, 5.41) is 11.7. The third-order valence-corrected chi connectivity index (χ3v) is 3.56. The fourth-order valence-electron chi connectivity index (χ4n) is 2.63. The molecule has 1 aromatic rings. The molecular weight excluding hydrogens is 258 g/mol. The van der Waals surface area contributed by atoms with Gasteiger partial charge in [-0.1, -0.05) is 30.3 Å². The molecule has 0 bridgehead atoms. The van der Waals surface area contributed by atoms with Gasteiger partial charge in [-0.15, -0.1) is 0 Å². The van der Waals surface area contributed by atoms with E-state index in [0.717, 1.165) is 5.56 Å². The molecule has 1 fully saturated rings. The van der Waals surface area contributed by atoms with Crippen molar-refractivity contribution in [2.75, 3.05) is 6.61 Å². The lowest BCUT2D eigenvalue weighted by Gasteiger charge is -2.44. The minimum Gasteiger partial charge on any atom is -0.480 e. The summed E-state index contributed by atoms with van der Waals surface area (Å²) < 4.78 is 5.60. The maximum absolute atomic E-state index is 11.2. The zero-order valence-electron chi connectivity index (χ0n) is 11.5. The number of nitrogens with one attached hydrogen (secondary N) is 1. The Labute approximate surface area is 117 Å².